The Hall–Kier alpha value is -2.11. The second-order valence-electron chi connectivity index (χ2n) is 5.91. The average molecular weight is 359 g/mol. The number of rotatable bonds is 10. The van der Waals surface area contributed by atoms with Gasteiger partial charge in [0.25, 0.3) is 0 Å². The summed E-state index contributed by atoms with van der Waals surface area (Å²) in [4.78, 5) is 14.6. The Morgan fingerprint density at radius 1 is 1.32 bits per heavy atom. The van der Waals surface area contributed by atoms with Gasteiger partial charge in [0, 0.05) is 11.4 Å². The van der Waals surface area contributed by atoms with Crippen molar-refractivity contribution < 1.29 is 15.0 Å². The van der Waals surface area contributed by atoms with Gasteiger partial charge in [-0.3, -0.25) is 0 Å². The monoisotopic (exact) mass is 359 g/mol. The maximum atomic E-state index is 11.7. The first-order valence-corrected chi connectivity index (χ1v) is 9.38. The number of anilines is 1. The molecule has 0 aliphatic rings. The molecule has 1 aromatic heterocycles. The number of carboxylic acid groups (broad SMARTS) is 1. The van der Waals surface area contributed by atoms with Gasteiger partial charge >= 0.3 is 5.97 Å². The van der Waals surface area contributed by atoms with Crippen LogP contribution in [0.25, 0.3) is 10.4 Å². The lowest BCUT2D eigenvalue weighted by Gasteiger charge is -2.28. The minimum Gasteiger partial charge on any atom is -0.477 e. The third-order valence-corrected chi connectivity index (χ3v) is 5.19. The zero-order valence-corrected chi connectivity index (χ0v) is 15.3. The van der Waals surface area contributed by atoms with Gasteiger partial charge < -0.3 is 15.1 Å². The summed E-state index contributed by atoms with van der Waals surface area (Å²) < 4.78 is 0. The van der Waals surface area contributed by atoms with E-state index in [1.165, 1.54) is 11.3 Å². The second-order valence-corrected chi connectivity index (χ2v) is 6.97. The van der Waals surface area contributed by atoms with Crippen LogP contribution in [0.2, 0.25) is 0 Å². The quantitative estimate of drug-likeness (QED) is 0.356. The van der Waals surface area contributed by atoms with Gasteiger partial charge in [0.2, 0.25) is 0 Å². The Kier molecular flexibility index (Phi) is 7.22. The molecule has 0 radical (unpaired) electrons. The summed E-state index contributed by atoms with van der Waals surface area (Å²) in [6.45, 7) is 6.26. The first kappa shape index (κ1) is 19.2. The van der Waals surface area contributed by atoms with Crippen LogP contribution in [0.3, 0.4) is 0 Å². The minimum atomic E-state index is -0.975. The van der Waals surface area contributed by atoms with Gasteiger partial charge in [-0.25, -0.2) is 4.79 Å². The van der Waals surface area contributed by atoms with Crippen molar-refractivity contribution in [2.45, 2.75) is 38.8 Å². The van der Waals surface area contributed by atoms with E-state index in [-0.39, 0.29) is 4.88 Å². The van der Waals surface area contributed by atoms with Crippen LogP contribution in [-0.4, -0.2) is 29.0 Å². The van der Waals surface area contributed by atoms with Crippen LogP contribution >= 0.6 is 11.3 Å². The van der Waals surface area contributed by atoms with Gasteiger partial charge in [0.1, 0.15) is 11.1 Å². The average Bonchev–Trinajstić information content (AvgIpc) is 3.06. The molecule has 1 heterocycles. The number of benzene rings is 1. The molecule has 4 nitrogen and oxygen atoms in total. The Morgan fingerprint density at radius 3 is 2.64 bits per heavy atom. The standard InChI is InChI=1S/C20H25NO3S/c1-3-5-7-12-18(22)21(13-4-2)16-14-17(25-19(16)20(23)24)15-10-8-6-9-11-15/h4,6,8-11,14,18,22H,2-3,5,7,12-13H2,1H3,(H,23,24). The summed E-state index contributed by atoms with van der Waals surface area (Å²) in [5.41, 5.74) is 1.53. The van der Waals surface area contributed by atoms with Gasteiger partial charge in [0.15, 0.2) is 0 Å². The lowest BCUT2D eigenvalue weighted by atomic mass is 10.1. The van der Waals surface area contributed by atoms with E-state index in [2.05, 4.69) is 13.5 Å². The molecule has 0 bridgehead atoms. The summed E-state index contributed by atoms with van der Waals surface area (Å²) >= 11 is 1.23. The molecule has 2 rings (SSSR count). The summed E-state index contributed by atoms with van der Waals surface area (Å²) in [5.74, 6) is -0.975. The highest BCUT2D eigenvalue weighted by atomic mass is 32.1. The highest BCUT2D eigenvalue weighted by Gasteiger charge is 2.24. The highest BCUT2D eigenvalue weighted by Crippen LogP contribution is 2.37. The molecule has 134 valence electrons. The van der Waals surface area contributed by atoms with Crippen LogP contribution in [0.15, 0.2) is 49.1 Å². The van der Waals surface area contributed by atoms with Crippen LogP contribution in [0, 0.1) is 0 Å². The fourth-order valence-corrected chi connectivity index (χ4v) is 3.76. The molecule has 5 heteroatoms. The zero-order valence-electron chi connectivity index (χ0n) is 14.5. The number of carboxylic acids is 1. The van der Waals surface area contributed by atoms with E-state index in [0.717, 1.165) is 29.7 Å². The van der Waals surface area contributed by atoms with Crippen LogP contribution in [0.1, 0.15) is 42.3 Å². The molecule has 2 aromatic rings. The first-order chi connectivity index (χ1) is 12.1. The summed E-state index contributed by atoms with van der Waals surface area (Å²) in [6.07, 6.45) is 4.60. The Morgan fingerprint density at radius 2 is 2.04 bits per heavy atom. The third-order valence-electron chi connectivity index (χ3n) is 4.03. The molecule has 0 saturated heterocycles. The van der Waals surface area contributed by atoms with Crippen molar-refractivity contribution in [1.29, 1.82) is 0 Å². The molecule has 0 amide bonds. The van der Waals surface area contributed by atoms with Gasteiger partial charge in [-0.1, -0.05) is 56.2 Å². The molecule has 25 heavy (non-hydrogen) atoms. The van der Waals surface area contributed by atoms with Crippen LogP contribution < -0.4 is 4.90 Å². The highest BCUT2D eigenvalue weighted by molar-refractivity contribution is 7.18. The molecular formula is C20H25NO3S. The topological polar surface area (TPSA) is 60.8 Å². The predicted octanol–water partition coefficient (Wildman–Crippen LogP) is 5.00. The number of nitrogens with zero attached hydrogens (tertiary/aromatic N) is 1. The normalized spacial score (nSPS) is 11.9. The van der Waals surface area contributed by atoms with Crippen molar-refractivity contribution >= 4 is 23.0 Å². The number of unbranched alkanes of at least 4 members (excludes halogenated alkanes) is 2. The SMILES string of the molecule is C=CCN(c1cc(-c2ccccc2)sc1C(=O)O)C(O)CCCCC. The van der Waals surface area contributed by atoms with E-state index in [1.807, 2.05) is 36.4 Å². The molecule has 0 aliphatic heterocycles. The van der Waals surface area contributed by atoms with E-state index in [0.29, 0.717) is 18.7 Å². The van der Waals surface area contributed by atoms with Crippen molar-refractivity contribution in [1.82, 2.24) is 0 Å². The van der Waals surface area contributed by atoms with Crippen LogP contribution in [0.4, 0.5) is 5.69 Å². The van der Waals surface area contributed by atoms with Crippen molar-refractivity contribution in [3.05, 3.63) is 53.9 Å². The Balaban J connectivity index is 2.36. The van der Waals surface area contributed by atoms with E-state index >= 15 is 0 Å². The number of carbonyl (C=O) groups is 1. The number of thiophene rings is 1. The lowest BCUT2D eigenvalue weighted by Crippen LogP contribution is -2.36. The molecular weight excluding hydrogens is 334 g/mol. The molecule has 1 atom stereocenters. The van der Waals surface area contributed by atoms with Gasteiger partial charge in [0.05, 0.1) is 5.69 Å². The number of hydrogen-bond donors (Lipinski definition) is 2. The minimum absolute atomic E-state index is 0.246. The second kappa shape index (κ2) is 9.39. The molecule has 1 aromatic carbocycles. The zero-order chi connectivity index (χ0) is 18.2. The molecule has 0 spiro atoms. The largest absolute Gasteiger partial charge is 0.477 e. The first-order valence-electron chi connectivity index (χ1n) is 8.56. The third kappa shape index (κ3) is 4.94. The maximum absolute atomic E-state index is 11.7. The van der Waals surface area contributed by atoms with Gasteiger partial charge in [-0.05, 0) is 24.5 Å². The maximum Gasteiger partial charge on any atom is 0.348 e. The van der Waals surface area contributed by atoms with Crippen LogP contribution in [-0.2, 0) is 0 Å². The molecule has 0 saturated carbocycles. The van der Waals surface area contributed by atoms with Crippen molar-refractivity contribution in [3.8, 4) is 10.4 Å². The number of aliphatic hydroxyl groups is 1. The Bertz CT molecular complexity index is 696. The van der Waals surface area contributed by atoms with Gasteiger partial charge in [-0.2, -0.15) is 0 Å². The van der Waals surface area contributed by atoms with E-state index in [1.54, 1.807) is 11.0 Å². The summed E-state index contributed by atoms with van der Waals surface area (Å²) in [7, 11) is 0. The smallest absolute Gasteiger partial charge is 0.348 e. The summed E-state index contributed by atoms with van der Waals surface area (Å²) in [6, 6.07) is 11.5. The van der Waals surface area contributed by atoms with E-state index < -0.39 is 12.2 Å². The molecule has 1 unspecified atom stereocenters. The number of hydrogen-bond acceptors (Lipinski definition) is 4. The number of aliphatic hydroxyl groups excluding tert-OH is 1. The molecule has 0 aliphatic carbocycles. The van der Waals surface area contributed by atoms with Crippen LogP contribution in [0.5, 0.6) is 0 Å². The van der Waals surface area contributed by atoms with Gasteiger partial charge in [-0.15, -0.1) is 17.9 Å². The Labute approximate surface area is 153 Å². The predicted molar refractivity (Wildman–Crippen MR) is 104 cm³/mol. The van der Waals surface area contributed by atoms with Crippen molar-refractivity contribution in [2.75, 3.05) is 11.4 Å². The fraction of sp³-hybridized carbons (Fsp3) is 0.350. The lowest BCUT2D eigenvalue weighted by molar-refractivity contribution is 0.0702. The molecule has 0 fully saturated rings. The van der Waals surface area contributed by atoms with E-state index in [4.69, 9.17) is 0 Å². The molecule has 2 N–H and O–H groups in total. The van der Waals surface area contributed by atoms with Crippen molar-refractivity contribution in [3.63, 3.8) is 0 Å². The fourth-order valence-electron chi connectivity index (χ4n) is 2.75. The van der Waals surface area contributed by atoms with Crippen molar-refractivity contribution in [2.24, 2.45) is 0 Å². The summed E-state index contributed by atoms with van der Waals surface area (Å²) in [5, 5.41) is 20.2. The van der Waals surface area contributed by atoms with E-state index in [9.17, 15) is 15.0 Å². The number of aromatic carboxylic acids is 1.